The zero-order valence-electron chi connectivity index (χ0n) is 15.5. The molecule has 8 heteroatoms. The summed E-state index contributed by atoms with van der Waals surface area (Å²) in [6.45, 7) is 3.19. The Morgan fingerprint density at radius 1 is 1.07 bits per heavy atom. The molecule has 1 heterocycles. The highest BCUT2D eigenvalue weighted by Crippen LogP contribution is 2.23. The number of piperazine rings is 1. The number of para-hydroxylation sites is 2. The van der Waals surface area contributed by atoms with E-state index in [1.165, 1.54) is 18.2 Å². The second-order valence-corrected chi connectivity index (χ2v) is 6.65. The smallest absolute Gasteiger partial charge is 0.292 e. The van der Waals surface area contributed by atoms with Gasteiger partial charge in [0.1, 0.15) is 11.5 Å². The number of benzene rings is 2. The van der Waals surface area contributed by atoms with E-state index in [4.69, 9.17) is 0 Å². The number of carbonyl (C=O) groups is 1. The molecule has 0 unspecified atom stereocenters. The van der Waals surface area contributed by atoms with Crippen molar-refractivity contribution in [2.24, 2.45) is 0 Å². The molecule has 3 rings (SSSR count). The second-order valence-electron chi connectivity index (χ2n) is 6.65. The van der Waals surface area contributed by atoms with Crippen molar-refractivity contribution in [2.75, 3.05) is 42.9 Å². The lowest BCUT2D eigenvalue weighted by Gasteiger charge is -2.36. The highest BCUT2D eigenvalue weighted by atomic mass is 19.1. The summed E-state index contributed by atoms with van der Waals surface area (Å²) in [5, 5.41) is 14.0. The normalized spacial score (nSPS) is 14.0. The van der Waals surface area contributed by atoms with E-state index in [1.54, 1.807) is 30.3 Å². The molecule has 0 radical (unpaired) electrons. The maximum absolute atomic E-state index is 13.0. The Hall–Kier alpha value is -3.16. The number of nitrogens with one attached hydrogen (secondary N) is 1. The second kappa shape index (κ2) is 9.16. The number of nitro groups is 1. The third-order valence-corrected chi connectivity index (χ3v) is 4.81. The van der Waals surface area contributed by atoms with Crippen molar-refractivity contribution in [1.82, 2.24) is 4.90 Å². The maximum atomic E-state index is 13.0. The summed E-state index contributed by atoms with van der Waals surface area (Å²) < 4.78 is 13.0. The Balaban J connectivity index is 1.40. The number of amides is 1. The summed E-state index contributed by atoms with van der Waals surface area (Å²) in [6, 6.07) is 12.9. The fourth-order valence-electron chi connectivity index (χ4n) is 3.27. The molecule has 0 saturated carbocycles. The van der Waals surface area contributed by atoms with E-state index in [0.29, 0.717) is 51.3 Å². The van der Waals surface area contributed by atoms with E-state index in [1.807, 2.05) is 4.90 Å². The van der Waals surface area contributed by atoms with Gasteiger partial charge in [0.2, 0.25) is 5.91 Å². The molecule has 0 spiro atoms. The molecule has 0 aliphatic carbocycles. The third-order valence-electron chi connectivity index (χ3n) is 4.81. The molecule has 1 aliphatic heterocycles. The van der Waals surface area contributed by atoms with Gasteiger partial charge in [0.15, 0.2) is 0 Å². The average molecular weight is 386 g/mol. The lowest BCUT2D eigenvalue weighted by molar-refractivity contribution is -0.384. The van der Waals surface area contributed by atoms with Crippen molar-refractivity contribution in [3.8, 4) is 0 Å². The highest BCUT2D eigenvalue weighted by Gasteiger charge is 2.21. The SMILES string of the molecule is O=C(CCCNc1ccccc1[N+](=O)[O-])N1CCN(c2ccc(F)cc2)CC1. The van der Waals surface area contributed by atoms with E-state index in [0.717, 1.165) is 5.69 Å². The number of halogens is 1. The van der Waals surface area contributed by atoms with Gasteiger partial charge in [0.05, 0.1) is 4.92 Å². The zero-order chi connectivity index (χ0) is 19.9. The first-order valence-corrected chi connectivity index (χ1v) is 9.30. The molecule has 2 aromatic carbocycles. The number of hydrogen-bond donors (Lipinski definition) is 1. The van der Waals surface area contributed by atoms with Gasteiger partial charge in [-0.05, 0) is 36.8 Å². The number of nitro benzene ring substituents is 1. The van der Waals surface area contributed by atoms with E-state index in [-0.39, 0.29) is 17.4 Å². The minimum atomic E-state index is -0.423. The minimum absolute atomic E-state index is 0.0331. The quantitative estimate of drug-likeness (QED) is 0.449. The summed E-state index contributed by atoms with van der Waals surface area (Å²) in [4.78, 5) is 26.9. The van der Waals surface area contributed by atoms with Crippen molar-refractivity contribution < 1.29 is 14.1 Å². The van der Waals surface area contributed by atoms with Crippen molar-refractivity contribution in [2.45, 2.75) is 12.8 Å². The summed E-state index contributed by atoms with van der Waals surface area (Å²) in [5.41, 5.74) is 1.46. The van der Waals surface area contributed by atoms with Gasteiger partial charge in [-0.25, -0.2) is 4.39 Å². The van der Waals surface area contributed by atoms with Crippen LogP contribution in [-0.4, -0.2) is 48.5 Å². The largest absolute Gasteiger partial charge is 0.379 e. The van der Waals surface area contributed by atoms with Crippen LogP contribution in [0.1, 0.15) is 12.8 Å². The molecule has 148 valence electrons. The van der Waals surface area contributed by atoms with Gasteiger partial charge in [0, 0.05) is 50.9 Å². The molecule has 1 aliphatic rings. The number of rotatable bonds is 7. The molecule has 0 bridgehead atoms. The van der Waals surface area contributed by atoms with Crippen LogP contribution in [0.25, 0.3) is 0 Å². The molecule has 7 nitrogen and oxygen atoms in total. The Morgan fingerprint density at radius 3 is 2.43 bits per heavy atom. The van der Waals surface area contributed by atoms with Crippen LogP contribution in [0.4, 0.5) is 21.5 Å². The fraction of sp³-hybridized carbons (Fsp3) is 0.350. The summed E-state index contributed by atoms with van der Waals surface area (Å²) in [6.07, 6.45) is 0.993. The van der Waals surface area contributed by atoms with Crippen LogP contribution in [0, 0.1) is 15.9 Å². The lowest BCUT2D eigenvalue weighted by Crippen LogP contribution is -2.48. The van der Waals surface area contributed by atoms with E-state index in [2.05, 4.69) is 10.2 Å². The standard InChI is InChI=1S/C20H23FN4O3/c21-16-7-9-17(10-8-16)23-12-14-24(15-13-23)20(26)6-3-11-22-18-4-1-2-5-19(18)25(27)28/h1-2,4-5,7-10,22H,3,6,11-15H2. The monoisotopic (exact) mass is 386 g/mol. The molecule has 1 amide bonds. The Kier molecular flexibility index (Phi) is 6.41. The van der Waals surface area contributed by atoms with E-state index in [9.17, 15) is 19.3 Å². The number of carbonyl (C=O) groups excluding carboxylic acids is 1. The molecule has 1 fully saturated rings. The van der Waals surface area contributed by atoms with Crippen LogP contribution in [0.3, 0.4) is 0 Å². The molecule has 1 N–H and O–H groups in total. The molecular weight excluding hydrogens is 363 g/mol. The van der Waals surface area contributed by atoms with Crippen molar-refractivity contribution >= 4 is 23.0 Å². The summed E-state index contributed by atoms with van der Waals surface area (Å²) in [5.74, 6) is -0.171. The average Bonchev–Trinajstić information content (AvgIpc) is 2.72. The molecule has 2 aromatic rings. The van der Waals surface area contributed by atoms with E-state index >= 15 is 0 Å². The zero-order valence-corrected chi connectivity index (χ0v) is 15.5. The van der Waals surface area contributed by atoms with Gasteiger partial charge < -0.3 is 15.1 Å². The van der Waals surface area contributed by atoms with Gasteiger partial charge in [-0.1, -0.05) is 12.1 Å². The number of hydrogen-bond acceptors (Lipinski definition) is 5. The van der Waals surface area contributed by atoms with Crippen LogP contribution in [0.15, 0.2) is 48.5 Å². The molecular formula is C20H23FN4O3. The first kappa shape index (κ1) is 19.6. The van der Waals surface area contributed by atoms with Gasteiger partial charge in [-0.2, -0.15) is 0 Å². The van der Waals surface area contributed by atoms with Crippen LogP contribution in [-0.2, 0) is 4.79 Å². The first-order chi connectivity index (χ1) is 13.5. The fourth-order valence-corrected chi connectivity index (χ4v) is 3.27. The molecule has 1 saturated heterocycles. The first-order valence-electron chi connectivity index (χ1n) is 9.30. The number of nitrogens with zero attached hydrogens (tertiary/aromatic N) is 3. The summed E-state index contributed by atoms with van der Waals surface area (Å²) in [7, 11) is 0. The van der Waals surface area contributed by atoms with Gasteiger partial charge in [-0.3, -0.25) is 14.9 Å². The Bertz CT molecular complexity index is 820. The number of anilines is 2. The predicted molar refractivity (Wildman–Crippen MR) is 106 cm³/mol. The van der Waals surface area contributed by atoms with Gasteiger partial charge in [0.25, 0.3) is 5.69 Å². The molecule has 0 aromatic heterocycles. The van der Waals surface area contributed by atoms with Crippen LogP contribution in [0.5, 0.6) is 0 Å². The van der Waals surface area contributed by atoms with Gasteiger partial charge in [-0.15, -0.1) is 0 Å². The minimum Gasteiger partial charge on any atom is -0.379 e. The molecule has 28 heavy (non-hydrogen) atoms. The predicted octanol–water partition coefficient (Wildman–Crippen LogP) is 3.27. The molecule has 0 atom stereocenters. The lowest BCUT2D eigenvalue weighted by atomic mass is 10.2. The third kappa shape index (κ3) is 4.97. The van der Waals surface area contributed by atoms with Crippen LogP contribution >= 0.6 is 0 Å². The highest BCUT2D eigenvalue weighted by molar-refractivity contribution is 5.76. The van der Waals surface area contributed by atoms with Crippen LogP contribution < -0.4 is 10.2 Å². The van der Waals surface area contributed by atoms with Gasteiger partial charge >= 0.3 is 0 Å². The topological polar surface area (TPSA) is 78.7 Å². The van der Waals surface area contributed by atoms with Crippen LogP contribution in [0.2, 0.25) is 0 Å². The summed E-state index contributed by atoms with van der Waals surface area (Å²) >= 11 is 0. The van der Waals surface area contributed by atoms with Crippen molar-refractivity contribution in [1.29, 1.82) is 0 Å². The van der Waals surface area contributed by atoms with Crippen molar-refractivity contribution in [3.63, 3.8) is 0 Å². The maximum Gasteiger partial charge on any atom is 0.292 e. The van der Waals surface area contributed by atoms with Crippen molar-refractivity contribution in [3.05, 3.63) is 64.5 Å². The Morgan fingerprint density at radius 2 is 1.75 bits per heavy atom. The van der Waals surface area contributed by atoms with E-state index < -0.39 is 4.92 Å². The Labute approximate surface area is 162 Å².